The monoisotopic (exact) mass is 239 g/mol. The molecule has 0 aliphatic rings. The van der Waals surface area contributed by atoms with Crippen LogP contribution in [-0.2, 0) is 18.2 Å². The van der Waals surface area contributed by atoms with Crippen molar-refractivity contribution in [2.24, 2.45) is 7.05 Å². The summed E-state index contributed by atoms with van der Waals surface area (Å²) in [6, 6.07) is 0. The summed E-state index contributed by atoms with van der Waals surface area (Å²) in [4.78, 5) is 0. The predicted octanol–water partition coefficient (Wildman–Crippen LogP) is 1.76. The van der Waals surface area contributed by atoms with Crippen LogP contribution in [0.15, 0.2) is 12.4 Å². The molecule has 0 radical (unpaired) electrons. The third-order valence-corrected chi connectivity index (χ3v) is 2.63. The Morgan fingerprint density at radius 3 is 2.82 bits per heavy atom. The smallest absolute Gasteiger partial charge is 0.0522 e. The molecule has 0 saturated carbocycles. The molecule has 4 nitrogen and oxygen atoms in total. The van der Waals surface area contributed by atoms with E-state index in [1.165, 1.54) is 18.4 Å². The molecule has 0 aromatic carbocycles. The van der Waals surface area contributed by atoms with E-state index in [1.54, 1.807) is 0 Å². The van der Waals surface area contributed by atoms with Crippen LogP contribution in [0.3, 0.4) is 0 Å². The highest BCUT2D eigenvalue weighted by atomic mass is 16.5. The molecular weight excluding hydrogens is 214 g/mol. The minimum Gasteiger partial charge on any atom is -0.381 e. The van der Waals surface area contributed by atoms with Crippen LogP contribution < -0.4 is 5.32 Å². The maximum Gasteiger partial charge on any atom is 0.0522 e. The Bertz CT molecular complexity index is 286. The summed E-state index contributed by atoms with van der Waals surface area (Å²) in [6.07, 6.45) is 8.52. The Labute approximate surface area is 104 Å². The molecule has 0 aliphatic heterocycles. The zero-order valence-electron chi connectivity index (χ0n) is 11.1. The third-order valence-electron chi connectivity index (χ3n) is 2.63. The quantitative estimate of drug-likeness (QED) is 0.632. The highest BCUT2D eigenvalue weighted by Crippen LogP contribution is 1.96. The minimum atomic E-state index is 0.875. The maximum absolute atomic E-state index is 5.49. The van der Waals surface area contributed by atoms with Gasteiger partial charge in [-0.3, -0.25) is 4.68 Å². The van der Waals surface area contributed by atoms with E-state index in [4.69, 9.17) is 4.74 Å². The van der Waals surface area contributed by atoms with Crippen molar-refractivity contribution < 1.29 is 4.74 Å². The van der Waals surface area contributed by atoms with Crippen molar-refractivity contribution in [3.63, 3.8) is 0 Å². The molecule has 1 aromatic heterocycles. The first-order valence-corrected chi connectivity index (χ1v) is 6.59. The van der Waals surface area contributed by atoms with E-state index < -0.39 is 0 Å². The third kappa shape index (κ3) is 7.13. The van der Waals surface area contributed by atoms with Crippen LogP contribution in [0.5, 0.6) is 0 Å². The average molecular weight is 239 g/mol. The lowest BCUT2D eigenvalue weighted by molar-refractivity contribution is 0.129. The summed E-state index contributed by atoms with van der Waals surface area (Å²) in [5, 5.41) is 7.56. The van der Waals surface area contributed by atoms with E-state index >= 15 is 0 Å². The lowest BCUT2D eigenvalue weighted by atomic mass is 10.2. The first-order valence-electron chi connectivity index (χ1n) is 6.59. The standard InChI is InChI=1S/C13H25N3O/c1-3-4-9-17-10-5-7-14-8-6-13-11-15-16(2)12-13/h11-12,14H,3-10H2,1-2H3. The van der Waals surface area contributed by atoms with Crippen molar-refractivity contribution >= 4 is 0 Å². The van der Waals surface area contributed by atoms with Crippen LogP contribution in [0, 0.1) is 0 Å². The van der Waals surface area contributed by atoms with Gasteiger partial charge in [0.15, 0.2) is 0 Å². The first-order chi connectivity index (χ1) is 8.33. The van der Waals surface area contributed by atoms with Gasteiger partial charge < -0.3 is 10.1 Å². The number of nitrogens with one attached hydrogen (secondary N) is 1. The summed E-state index contributed by atoms with van der Waals surface area (Å²) in [5.41, 5.74) is 1.29. The van der Waals surface area contributed by atoms with E-state index in [0.717, 1.165) is 39.1 Å². The molecule has 1 rings (SSSR count). The van der Waals surface area contributed by atoms with E-state index in [0.29, 0.717) is 0 Å². The highest BCUT2D eigenvalue weighted by molar-refractivity contribution is 5.03. The number of aryl methyl sites for hydroxylation is 1. The summed E-state index contributed by atoms with van der Waals surface area (Å²) in [5.74, 6) is 0. The van der Waals surface area contributed by atoms with E-state index in [1.807, 2.05) is 17.9 Å². The van der Waals surface area contributed by atoms with E-state index in [-0.39, 0.29) is 0 Å². The molecule has 1 aromatic rings. The van der Waals surface area contributed by atoms with Crippen LogP contribution >= 0.6 is 0 Å². The number of hydrogen-bond acceptors (Lipinski definition) is 3. The fraction of sp³-hybridized carbons (Fsp3) is 0.769. The van der Waals surface area contributed by atoms with Gasteiger partial charge >= 0.3 is 0 Å². The number of nitrogens with zero attached hydrogens (tertiary/aromatic N) is 2. The fourth-order valence-electron chi connectivity index (χ4n) is 1.61. The SMILES string of the molecule is CCCCOCCCNCCc1cnn(C)c1. The van der Waals surface area contributed by atoms with Crippen molar-refractivity contribution in [3.05, 3.63) is 18.0 Å². The van der Waals surface area contributed by atoms with Crippen LogP contribution in [0.1, 0.15) is 31.7 Å². The summed E-state index contributed by atoms with van der Waals surface area (Å²) >= 11 is 0. The lowest BCUT2D eigenvalue weighted by Crippen LogP contribution is -2.19. The van der Waals surface area contributed by atoms with Gasteiger partial charge in [-0.2, -0.15) is 5.10 Å². The normalized spacial score (nSPS) is 10.9. The van der Waals surface area contributed by atoms with Crippen LogP contribution in [0.25, 0.3) is 0 Å². The molecule has 0 bridgehead atoms. The van der Waals surface area contributed by atoms with Crippen LogP contribution in [-0.4, -0.2) is 36.1 Å². The molecule has 0 aliphatic carbocycles. The van der Waals surface area contributed by atoms with E-state index in [9.17, 15) is 0 Å². The Kier molecular flexibility index (Phi) is 7.67. The molecule has 4 heteroatoms. The molecule has 17 heavy (non-hydrogen) atoms. The Morgan fingerprint density at radius 2 is 2.12 bits per heavy atom. The zero-order valence-corrected chi connectivity index (χ0v) is 11.1. The van der Waals surface area contributed by atoms with Crippen LogP contribution in [0.2, 0.25) is 0 Å². The number of ether oxygens (including phenoxy) is 1. The molecule has 98 valence electrons. The largest absolute Gasteiger partial charge is 0.381 e. The average Bonchev–Trinajstić information content (AvgIpc) is 2.73. The predicted molar refractivity (Wildman–Crippen MR) is 70.1 cm³/mol. The van der Waals surface area contributed by atoms with Gasteiger partial charge in [0.05, 0.1) is 6.20 Å². The molecule has 0 unspecified atom stereocenters. The Morgan fingerprint density at radius 1 is 1.29 bits per heavy atom. The molecule has 0 atom stereocenters. The summed E-state index contributed by atoms with van der Waals surface area (Å²) in [6.45, 7) is 6.02. The van der Waals surface area contributed by atoms with Gasteiger partial charge in [0, 0.05) is 26.5 Å². The minimum absolute atomic E-state index is 0.875. The van der Waals surface area contributed by atoms with Crippen LogP contribution in [0.4, 0.5) is 0 Å². The van der Waals surface area contributed by atoms with Gasteiger partial charge in [-0.05, 0) is 37.9 Å². The topological polar surface area (TPSA) is 39.1 Å². The highest BCUT2D eigenvalue weighted by Gasteiger charge is 1.95. The van der Waals surface area contributed by atoms with Crippen molar-refractivity contribution in [1.82, 2.24) is 15.1 Å². The molecule has 1 N–H and O–H groups in total. The number of hydrogen-bond donors (Lipinski definition) is 1. The zero-order chi connectivity index (χ0) is 12.3. The Hall–Kier alpha value is -0.870. The van der Waals surface area contributed by atoms with Gasteiger partial charge in [-0.15, -0.1) is 0 Å². The lowest BCUT2D eigenvalue weighted by Gasteiger charge is -2.04. The second-order valence-corrected chi connectivity index (χ2v) is 4.34. The molecule has 0 spiro atoms. The van der Waals surface area contributed by atoms with Crippen molar-refractivity contribution in [2.45, 2.75) is 32.6 Å². The van der Waals surface area contributed by atoms with Crippen molar-refractivity contribution in [2.75, 3.05) is 26.3 Å². The molecular formula is C13H25N3O. The Balaban J connectivity index is 1.84. The van der Waals surface area contributed by atoms with Gasteiger partial charge in [0.1, 0.15) is 0 Å². The van der Waals surface area contributed by atoms with Crippen molar-refractivity contribution in [3.8, 4) is 0 Å². The van der Waals surface area contributed by atoms with Gasteiger partial charge in [0.2, 0.25) is 0 Å². The number of aromatic nitrogens is 2. The maximum atomic E-state index is 5.49. The van der Waals surface area contributed by atoms with Crippen molar-refractivity contribution in [1.29, 1.82) is 0 Å². The summed E-state index contributed by atoms with van der Waals surface area (Å²) < 4.78 is 7.33. The van der Waals surface area contributed by atoms with Gasteiger partial charge in [-0.25, -0.2) is 0 Å². The number of rotatable bonds is 10. The second-order valence-electron chi connectivity index (χ2n) is 4.34. The molecule has 0 saturated heterocycles. The molecule has 1 heterocycles. The summed E-state index contributed by atoms with van der Waals surface area (Å²) in [7, 11) is 1.95. The van der Waals surface area contributed by atoms with Gasteiger partial charge in [0.25, 0.3) is 0 Å². The molecule has 0 amide bonds. The second kappa shape index (κ2) is 9.19. The number of unbranched alkanes of at least 4 members (excludes halogenated alkanes) is 1. The van der Waals surface area contributed by atoms with Gasteiger partial charge in [-0.1, -0.05) is 13.3 Å². The molecule has 0 fully saturated rings. The van der Waals surface area contributed by atoms with E-state index in [2.05, 4.69) is 23.5 Å². The fourth-order valence-corrected chi connectivity index (χ4v) is 1.61. The first kappa shape index (κ1) is 14.2.